The summed E-state index contributed by atoms with van der Waals surface area (Å²) in [5.74, 6) is 0. The second-order valence-electron chi connectivity index (χ2n) is 1.65. The van der Waals surface area contributed by atoms with E-state index in [0.717, 1.165) is 35.1 Å². The summed E-state index contributed by atoms with van der Waals surface area (Å²) in [5.41, 5.74) is 0. The summed E-state index contributed by atoms with van der Waals surface area (Å²) in [6.07, 6.45) is 0.947. The average Bonchev–Trinajstić information content (AvgIpc) is 1.88. The number of alkyl halides is 2. The van der Waals surface area contributed by atoms with Gasteiger partial charge in [0.25, 0.3) is 6.41 Å². The van der Waals surface area contributed by atoms with Crippen molar-refractivity contribution in [3.8, 4) is 0 Å². The van der Waals surface area contributed by atoms with Gasteiger partial charge in [-0.2, -0.15) is 0 Å². The van der Waals surface area contributed by atoms with Gasteiger partial charge in [-0.15, -0.1) is 0 Å². The summed E-state index contributed by atoms with van der Waals surface area (Å²) in [5, 5.41) is 1.77. The van der Waals surface area contributed by atoms with Crippen molar-refractivity contribution in [2.75, 3.05) is 23.7 Å². The van der Waals surface area contributed by atoms with Crippen LogP contribution in [0, 0.1) is 0 Å². The van der Waals surface area contributed by atoms with Crippen LogP contribution in [0.25, 0.3) is 0 Å². The fourth-order valence-electron chi connectivity index (χ4n) is 0.486. The molecule has 0 aliphatic carbocycles. The Hall–Kier alpha value is 0.880. The highest BCUT2D eigenvalue weighted by Gasteiger charge is 2.01. The number of nitrogens with one attached hydrogen (secondary N) is 1. The molecule has 10 heavy (non-hydrogen) atoms. The minimum absolute atomic E-state index is 0. The molecule has 1 N–H and O–H groups in total. The minimum Gasteiger partial charge on any atom is -1.00 e. The van der Waals surface area contributed by atoms with Gasteiger partial charge in [0.1, 0.15) is 0 Å². The van der Waals surface area contributed by atoms with E-state index in [0.29, 0.717) is 0 Å². The topological polar surface area (TPSA) is 21.5 Å². The van der Waals surface area contributed by atoms with E-state index in [9.17, 15) is 4.79 Å². The van der Waals surface area contributed by atoms with E-state index >= 15 is 0 Å². The molecule has 0 radical (unpaired) electrons. The fraction of sp³-hybridized carbons (Fsp3) is 0.800. The molecule has 0 spiro atoms. The predicted octanol–water partition coefficient (Wildman–Crippen LogP) is -3.18. The number of carbonyl (C=O) groups is 1. The van der Waals surface area contributed by atoms with E-state index in [1.807, 2.05) is 0 Å². The molecule has 5 heteroatoms. The number of carbonyl (C=O) groups excluding carboxylic acids is 1. The molecule has 0 fully saturated rings. The lowest BCUT2D eigenvalue weighted by molar-refractivity contribution is -0.804. The number of quaternary nitrogens is 1. The van der Waals surface area contributed by atoms with Gasteiger partial charge < -0.3 is 12.4 Å². The van der Waals surface area contributed by atoms with Crippen molar-refractivity contribution in [2.45, 2.75) is 0 Å². The molecule has 62 valence electrons. The number of hydrogen-bond donors (Lipinski definition) is 1. The van der Waals surface area contributed by atoms with Crippen molar-refractivity contribution in [3.05, 3.63) is 0 Å². The Kier molecular flexibility index (Phi) is 13.3. The van der Waals surface area contributed by atoms with E-state index in [4.69, 9.17) is 0 Å². The molecule has 0 aliphatic rings. The SMILES string of the molecule is O=C[NH+](CCBr)CCBr.[Cl-]. The predicted molar refractivity (Wildman–Crippen MR) is 44.3 cm³/mol. The number of halogens is 3. The summed E-state index contributed by atoms with van der Waals surface area (Å²) >= 11 is 6.53. The van der Waals surface area contributed by atoms with Crippen LogP contribution in [-0.2, 0) is 4.79 Å². The van der Waals surface area contributed by atoms with E-state index in [1.54, 1.807) is 0 Å². The lowest BCUT2D eigenvalue weighted by Gasteiger charge is -2.06. The first-order valence-electron chi connectivity index (χ1n) is 2.77. The van der Waals surface area contributed by atoms with Crippen LogP contribution in [0.2, 0.25) is 0 Å². The first-order valence-corrected chi connectivity index (χ1v) is 5.01. The quantitative estimate of drug-likeness (QED) is 0.419. The molecule has 0 saturated heterocycles. The van der Waals surface area contributed by atoms with Crippen molar-refractivity contribution in [1.29, 1.82) is 0 Å². The summed E-state index contributed by atoms with van der Waals surface area (Å²) in [7, 11) is 0. The largest absolute Gasteiger partial charge is 1.00 e. The highest BCUT2D eigenvalue weighted by Crippen LogP contribution is 1.73. The zero-order valence-corrected chi connectivity index (χ0v) is 9.38. The molecule has 0 unspecified atom stereocenters. The standard InChI is InChI=1S/C5H9Br2NO.ClH/c6-1-3-8(5-9)4-2-7;/h5H,1-4H2;1H. The van der Waals surface area contributed by atoms with Gasteiger partial charge in [-0.1, -0.05) is 31.9 Å². The van der Waals surface area contributed by atoms with Gasteiger partial charge in [-0.25, -0.2) is 4.79 Å². The third-order valence-electron chi connectivity index (χ3n) is 0.998. The van der Waals surface area contributed by atoms with E-state index in [2.05, 4.69) is 31.9 Å². The van der Waals surface area contributed by atoms with E-state index in [1.165, 1.54) is 0 Å². The van der Waals surface area contributed by atoms with Gasteiger partial charge in [-0.05, 0) is 0 Å². The normalized spacial score (nSPS) is 9.10. The van der Waals surface area contributed by atoms with Crippen LogP contribution in [0.3, 0.4) is 0 Å². The second-order valence-corrected chi connectivity index (χ2v) is 3.24. The zero-order valence-electron chi connectivity index (χ0n) is 5.45. The third kappa shape index (κ3) is 6.99. The van der Waals surface area contributed by atoms with Crippen LogP contribution in [0.5, 0.6) is 0 Å². The lowest BCUT2D eigenvalue weighted by Crippen LogP contribution is -3.11. The number of rotatable bonds is 5. The Balaban J connectivity index is 0. The molecular weight excluding hydrogens is 285 g/mol. The molecule has 1 amide bonds. The van der Waals surface area contributed by atoms with Crippen LogP contribution in [0.15, 0.2) is 0 Å². The second kappa shape index (κ2) is 9.88. The Morgan fingerprint density at radius 3 is 1.80 bits per heavy atom. The lowest BCUT2D eigenvalue weighted by atomic mass is 10.6. The Labute approximate surface area is 84.0 Å². The van der Waals surface area contributed by atoms with Crippen molar-refractivity contribution in [1.82, 2.24) is 0 Å². The van der Waals surface area contributed by atoms with Crippen LogP contribution in [-0.4, -0.2) is 30.2 Å². The van der Waals surface area contributed by atoms with Gasteiger partial charge in [0, 0.05) is 0 Å². The first kappa shape index (κ1) is 13.5. The van der Waals surface area contributed by atoms with Crippen LogP contribution in [0.1, 0.15) is 0 Å². The molecule has 0 bridgehead atoms. The van der Waals surface area contributed by atoms with Gasteiger partial charge in [-0.3, -0.25) is 4.90 Å². The average molecular weight is 295 g/mol. The van der Waals surface area contributed by atoms with Gasteiger partial charge in [0.15, 0.2) is 0 Å². The monoisotopic (exact) mass is 293 g/mol. The molecule has 2 nitrogen and oxygen atoms in total. The summed E-state index contributed by atoms with van der Waals surface area (Å²) in [6, 6.07) is 0. The Bertz CT molecular complexity index is 78.0. The summed E-state index contributed by atoms with van der Waals surface area (Å²) < 4.78 is 0. The first-order chi connectivity index (χ1) is 4.35. The maximum Gasteiger partial charge on any atom is 0.299 e. The van der Waals surface area contributed by atoms with Crippen LogP contribution < -0.4 is 17.3 Å². The Morgan fingerprint density at radius 1 is 1.20 bits per heavy atom. The van der Waals surface area contributed by atoms with Gasteiger partial charge in [0.2, 0.25) is 0 Å². The molecule has 0 rings (SSSR count). The highest BCUT2D eigenvalue weighted by molar-refractivity contribution is 9.09. The number of amides is 1. The molecular formula is C5H10Br2ClNO. The Morgan fingerprint density at radius 2 is 1.60 bits per heavy atom. The molecule has 0 aliphatic heterocycles. The molecule has 0 aromatic heterocycles. The number of hydrogen-bond acceptors (Lipinski definition) is 1. The van der Waals surface area contributed by atoms with Crippen molar-refractivity contribution >= 4 is 38.3 Å². The maximum absolute atomic E-state index is 10.2. The molecule has 0 heterocycles. The van der Waals surface area contributed by atoms with Gasteiger partial charge >= 0.3 is 0 Å². The fourth-order valence-corrected chi connectivity index (χ4v) is 1.50. The van der Waals surface area contributed by atoms with Crippen molar-refractivity contribution < 1.29 is 22.1 Å². The highest BCUT2D eigenvalue weighted by atomic mass is 79.9. The summed E-state index contributed by atoms with van der Waals surface area (Å²) in [6.45, 7) is 1.74. The molecule has 0 aromatic rings. The smallest absolute Gasteiger partial charge is 0.299 e. The van der Waals surface area contributed by atoms with Crippen molar-refractivity contribution in [2.24, 2.45) is 0 Å². The third-order valence-corrected chi connectivity index (χ3v) is 1.79. The maximum atomic E-state index is 10.2. The minimum atomic E-state index is 0. The molecule has 0 aromatic carbocycles. The summed E-state index contributed by atoms with van der Waals surface area (Å²) in [4.78, 5) is 11.2. The van der Waals surface area contributed by atoms with E-state index in [-0.39, 0.29) is 12.4 Å². The van der Waals surface area contributed by atoms with Crippen molar-refractivity contribution in [3.63, 3.8) is 0 Å². The van der Waals surface area contributed by atoms with Crippen LogP contribution in [0.4, 0.5) is 0 Å². The zero-order chi connectivity index (χ0) is 7.11. The van der Waals surface area contributed by atoms with Crippen LogP contribution >= 0.6 is 31.9 Å². The molecule has 0 saturated carbocycles. The van der Waals surface area contributed by atoms with E-state index < -0.39 is 0 Å². The molecule has 0 atom stereocenters. The van der Waals surface area contributed by atoms with Gasteiger partial charge in [0.05, 0.1) is 23.7 Å².